The summed E-state index contributed by atoms with van der Waals surface area (Å²) in [6.07, 6.45) is 1.15. The Morgan fingerprint density at radius 1 is 1.37 bits per heavy atom. The number of anilines is 1. The molecule has 0 atom stereocenters. The molecule has 0 saturated heterocycles. The van der Waals surface area contributed by atoms with Gasteiger partial charge in [0, 0.05) is 5.56 Å². The second-order valence-electron chi connectivity index (χ2n) is 3.84. The summed E-state index contributed by atoms with van der Waals surface area (Å²) in [5, 5.41) is 20.5. The third kappa shape index (κ3) is 3.36. The monoisotopic (exact) mass is 272 g/mol. The Morgan fingerprint density at radius 3 is 2.68 bits per heavy atom. The van der Waals surface area contributed by atoms with Crippen molar-refractivity contribution in [3.8, 4) is 6.07 Å². The van der Waals surface area contributed by atoms with Gasteiger partial charge in [0.15, 0.2) is 0 Å². The van der Waals surface area contributed by atoms with Crippen molar-refractivity contribution in [3.05, 3.63) is 40.4 Å². The van der Waals surface area contributed by atoms with Gasteiger partial charge in [0.25, 0.3) is 5.91 Å². The average molecular weight is 272 g/mol. The van der Waals surface area contributed by atoms with Gasteiger partial charge in [-0.05, 0) is 24.1 Å². The number of hydrogen-bond donors (Lipinski definition) is 1. The molecule has 5 nitrogen and oxygen atoms in total. The van der Waals surface area contributed by atoms with E-state index in [4.69, 9.17) is 5.26 Å². The summed E-state index contributed by atoms with van der Waals surface area (Å²) in [6, 6.07) is 9.01. The SMILES string of the molecule is CCc1nnc(NC(=O)c2ccc(CC#N)cc2)s1. The summed E-state index contributed by atoms with van der Waals surface area (Å²) in [7, 11) is 0. The Hall–Kier alpha value is -2.26. The topological polar surface area (TPSA) is 78.7 Å². The molecule has 0 spiro atoms. The molecule has 0 aliphatic carbocycles. The van der Waals surface area contributed by atoms with Crippen molar-refractivity contribution >= 4 is 22.4 Å². The first kappa shape index (κ1) is 13.2. The van der Waals surface area contributed by atoms with E-state index in [1.807, 2.05) is 6.92 Å². The number of rotatable bonds is 4. The second kappa shape index (κ2) is 6.07. The lowest BCUT2D eigenvalue weighted by Crippen LogP contribution is -2.11. The lowest BCUT2D eigenvalue weighted by Gasteiger charge is -2.01. The molecule has 1 amide bonds. The Bertz CT molecular complexity index is 612. The zero-order valence-electron chi connectivity index (χ0n) is 10.4. The number of nitrogens with zero attached hydrogens (tertiary/aromatic N) is 3. The van der Waals surface area contributed by atoms with Crippen LogP contribution < -0.4 is 5.32 Å². The normalized spacial score (nSPS) is 9.89. The third-order valence-corrected chi connectivity index (χ3v) is 3.47. The highest BCUT2D eigenvalue weighted by Gasteiger charge is 2.09. The number of hydrogen-bond acceptors (Lipinski definition) is 5. The molecule has 0 aliphatic heterocycles. The van der Waals surface area contributed by atoms with Crippen molar-refractivity contribution in [2.45, 2.75) is 19.8 Å². The van der Waals surface area contributed by atoms with E-state index in [1.54, 1.807) is 24.3 Å². The van der Waals surface area contributed by atoms with Crippen molar-refractivity contribution in [1.29, 1.82) is 5.26 Å². The molecule has 1 aromatic carbocycles. The lowest BCUT2D eigenvalue weighted by molar-refractivity contribution is 0.102. The fourth-order valence-electron chi connectivity index (χ4n) is 1.48. The van der Waals surface area contributed by atoms with Gasteiger partial charge >= 0.3 is 0 Å². The van der Waals surface area contributed by atoms with E-state index in [9.17, 15) is 4.79 Å². The number of aromatic nitrogens is 2. The molecule has 1 aromatic heterocycles. The van der Waals surface area contributed by atoms with Gasteiger partial charge in [0.2, 0.25) is 5.13 Å². The molecule has 1 heterocycles. The first-order chi connectivity index (χ1) is 9.22. The van der Waals surface area contributed by atoms with E-state index in [0.717, 1.165) is 17.0 Å². The predicted octanol–water partition coefficient (Wildman–Crippen LogP) is 2.42. The second-order valence-corrected chi connectivity index (χ2v) is 4.90. The molecular weight excluding hydrogens is 260 g/mol. The van der Waals surface area contributed by atoms with Gasteiger partial charge in [-0.25, -0.2) is 0 Å². The molecule has 0 radical (unpaired) electrons. The van der Waals surface area contributed by atoms with Gasteiger partial charge in [-0.3, -0.25) is 10.1 Å². The van der Waals surface area contributed by atoms with E-state index in [1.165, 1.54) is 11.3 Å². The van der Waals surface area contributed by atoms with Crippen molar-refractivity contribution in [2.75, 3.05) is 5.32 Å². The van der Waals surface area contributed by atoms with Crippen molar-refractivity contribution in [1.82, 2.24) is 10.2 Å². The molecule has 0 saturated carbocycles. The molecule has 0 fully saturated rings. The quantitative estimate of drug-likeness (QED) is 0.927. The zero-order chi connectivity index (χ0) is 13.7. The fraction of sp³-hybridized carbons (Fsp3) is 0.231. The van der Waals surface area contributed by atoms with Gasteiger partial charge in [0.05, 0.1) is 12.5 Å². The summed E-state index contributed by atoms with van der Waals surface area (Å²) >= 11 is 1.37. The summed E-state index contributed by atoms with van der Waals surface area (Å²) in [5.41, 5.74) is 1.43. The Labute approximate surface area is 114 Å². The van der Waals surface area contributed by atoms with Crippen LogP contribution in [0.25, 0.3) is 0 Å². The van der Waals surface area contributed by atoms with Crippen LogP contribution in [-0.4, -0.2) is 16.1 Å². The minimum absolute atomic E-state index is 0.220. The number of aryl methyl sites for hydroxylation is 1. The summed E-state index contributed by atoms with van der Waals surface area (Å²) in [6.45, 7) is 1.99. The van der Waals surface area contributed by atoms with Crippen molar-refractivity contribution in [3.63, 3.8) is 0 Å². The van der Waals surface area contributed by atoms with E-state index in [0.29, 0.717) is 17.1 Å². The van der Waals surface area contributed by atoms with Crippen LogP contribution in [0.15, 0.2) is 24.3 Å². The van der Waals surface area contributed by atoms with Gasteiger partial charge in [-0.1, -0.05) is 30.4 Å². The summed E-state index contributed by atoms with van der Waals surface area (Å²) in [4.78, 5) is 11.9. The Kier molecular flexibility index (Phi) is 4.21. The van der Waals surface area contributed by atoms with Gasteiger partial charge < -0.3 is 0 Å². The van der Waals surface area contributed by atoms with E-state index in [2.05, 4.69) is 21.6 Å². The molecular formula is C13H12N4OS. The third-order valence-electron chi connectivity index (χ3n) is 2.49. The molecule has 0 aliphatic rings. The van der Waals surface area contributed by atoms with E-state index < -0.39 is 0 Å². The first-order valence-corrected chi connectivity index (χ1v) is 6.64. The minimum atomic E-state index is -0.220. The molecule has 19 heavy (non-hydrogen) atoms. The molecule has 0 unspecified atom stereocenters. The van der Waals surface area contributed by atoms with Crippen LogP contribution in [-0.2, 0) is 12.8 Å². The van der Waals surface area contributed by atoms with Crippen LogP contribution in [0.1, 0.15) is 27.9 Å². The Morgan fingerprint density at radius 2 is 2.11 bits per heavy atom. The number of amides is 1. The highest BCUT2D eigenvalue weighted by molar-refractivity contribution is 7.15. The number of benzene rings is 1. The number of carbonyl (C=O) groups excluding carboxylic acids is 1. The van der Waals surface area contributed by atoms with Crippen LogP contribution in [0.4, 0.5) is 5.13 Å². The standard InChI is InChI=1S/C13H12N4OS/c1-2-11-16-17-13(19-11)15-12(18)10-5-3-9(4-6-10)7-8-14/h3-6H,2,7H2,1H3,(H,15,17,18). The minimum Gasteiger partial charge on any atom is -0.296 e. The van der Waals surface area contributed by atoms with Crippen LogP contribution in [0.5, 0.6) is 0 Å². The highest BCUT2D eigenvalue weighted by atomic mass is 32.1. The van der Waals surface area contributed by atoms with Crippen LogP contribution in [0.3, 0.4) is 0 Å². The average Bonchev–Trinajstić information content (AvgIpc) is 2.87. The van der Waals surface area contributed by atoms with E-state index in [-0.39, 0.29) is 5.91 Å². The summed E-state index contributed by atoms with van der Waals surface area (Å²) < 4.78 is 0. The van der Waals surface area contributed by atoms with Crippen molar-refractivity contribution < 1.29 is 4.79 Å². The first-order valence-electron chi connectivity index (χ1n) is 5.82. The fourth-order valence-corrected chi connectivity index (χ4v) is 2.16. The number of carbonyl (C=O) groups is 1. The maximum atomic E-state index is 11.9. The molecule has 0 bridgehead atoms. The molecule has 6 heteroatoms. The Balaban J connectivity index is 2.05. The molecule has 2 aromatic rings. The largest absolute Gasteiger partial charge is 0.296 e. The zero-order valence-corrected chi connectivity index (χ0v) is 11.2. The van der Waals surface area contributed by atoms with E-state index >= 15 is 0 Å². The van der Waals surface area contributed by atoms with Gasteiger partial charge in [-0.15, -0.1) is 10.2 Å². The lowest BCUT2D eigenvalue weighted by atomic mass is 10.1. The maximum absolute atomic E-state index is 11.9. The summed E-state index contributed by atoms with van der Waals surface area (Å²) in [5.74, 6) is -0.220. The van der Waals surface area contributed by atoms with Crippen molar-refractivity contribution in [2.24, 2.45) is 0 Å². The highest BCUT2D eigenvalue weighted by Crippen LogP contribution is 2.16. The van der Waals surface area contributed by atoms with Crippen LogP contribution in [0.2, 0.25) is 0 Å². The van der Waals surface area contributed by atoms with Gasteiger partial charge in [0.1, 0.15) is 5.01 Å². The molecule has 96 valence electrons. The maximum Gasteiger partial charge on any atom is 0.257 e. The molecule has 1 N–H and O–H groups in total. The predicted molar refractivity (Wildman–Crippen MR) is 73.0 cm³/mol. The molecule has 2 rings (SSSR count). The van der Waals surface area contributed by atoms with Crippen LogP contribution >= 0.6 is 11.3 Å². The number of nitriles is 1. The van der Waals surface area contributed by atoms with Crippen LogP contribution in [0, 0.1) is 11.3 Å². The number of nitrogens with one attached hydrogen (secondary N) is 1. The van der Waals surface area contributed by atoms with Gasteiger partial charge in [-0.2, -0.15) is 5.26 Å². The smallest absolute Gasteiger partial charge is 0.257 e.